The summed E-state index contributed by atoms with van der Waals surface area (Å²) in [6.07, 6.45) is 3.52. The number of nitrogens with two attached hydrogens (primary N) is 1. The van der Waals surface area contributed by atoms with Crippen molar-refractivity contribution in [3.05, 3.63) is 18.1 Å². The zero-order chi connectivity index (χ0) is 16.3. The molecule has 8 heteroatoms. The average molecular weight is 307 g/mol. The fourth-order valence-electron chi connectivity index (χ4n) is 2.06. The Labute approximate surface area is 129 Å². The first-order valence-electron chi connectivity index (χ1n) is 7.13. The third-order valence-electron chi connectivity index (χ3n) is 3.18. The van der Waals surface area contributed by atoms with E-state index in [1.54, 1.807) is 27.0 Å². The molecule has 2 amide bonds. The van der Waals surface area contributed by atoms with E-state index < -0.39 is 11.7 Å². The van der Waals surface area contributed by atoms with Crippen LogP contribution >= 0.6 is 0 Å². The standard InChI is InChI=1S/C14H21N5O3/c1-14(2,3)22-13(21)19(15)11-8-16-10(7-17-11)9-4-5-12(20)18-6-9/h7-9H,4-6,15H2,1-3H3,(H,18,20). The van der Waals surface area contributed by atoms with Crippen molar-refractivity contribution in [1.29, 1.82) is 0 Å². The molecule has 0 aromatic carbocycles. The highest BCUT2D eigenvalue weighted by molar-refractivity contribution is 5.85. The minimum absolute atomic E-state index is 0.0545. The lowest BCUT2D eigenvalue weighted by Gasteiger charge is -2.24. The van der Waals surface area contributed by atoms with E-state index in [1.165, 1.54) is 6.20 Å². The molecule has 3 N–H and O–H groups in total. The molecule has 8 nitrogen and oxygen atoms in total. The van der Waals surface area contributed by atoms with Gasteiger partial charge in [0.05, 0.1) is 18.1 Å². The maximum Gasteiger partial charge on any atom is 0.430 e. The van der Waals surface area contributed by atoms with E-state index in [4.69, 9.17) is 10.6 Å². The Kier molecular flexibility index (Phi) is 4.60. The lowest BCUT2D eigenvalue weighted by molar-refractivity contribution is -0.122. The summed E-state index contributed by atoms with van der Waals surface area (Å²) >= 11 is 0. The lowest BCUT2D eigenvalue weighted by Crippen LogP contribution is -2.42. The zero-order valence-electron chi connectivity index (χ0n) is 13.0. The summed E-state index contributed by atoms with van der Waals surface area (Å²) in [5, 5.41) is 3.62. The van der Waals surface area contributed by atoms with Gasteiger partial charge in [0.15, 0.2) is 5.82 Å². The van der Waals surface area contributed by atoms with Crippen LogP contribution in [0.15, 0.2) is 12.4 Å². The minimum atomic E-state index is -0.695. The summed E-state index contributed by atoms with van der Waals surface area (Å²) in [7, 11) is 0. The molecule has 0 bridgehead atoms. The topological polar surface area (TPSA) is 110 Å². The normalized spacial score (nSPS) is 18.5. The van der Waals surface area contributed by atoms with Crippen LogP contribution in [-0.4, -0.2) is 34.1 Å². The van der Waals surface area contributed by atoms with Crippen molar-refractivity contribution in [1.82, 2.24) is 15.3 Å². The first kappa shape index (κ1) is 16.2. The van der Waals surface area contributed by atoms with E-state index in [9.17, 15) is 9.59 Å². The van der Waals surface area contributed by atoms with E-state index in [2.05, 4.69) is 15.3 Å². The molecule has 0 radical (unpaired) electrons. The Morgan fingerprint density at radius 2 is 2.14 bits per heavy atom. The summed E-state index contributed by atoms with van der Waals surface area (Å²) in [6, 6.07) is 0. The summed E-state index contributed by atoms with van der Waals surface area (Å²) < 4.78 is 5.16. The van der Waals surface area contributed by atoms with Crippen LogP contribution in [0.5, 0.6) is 0 Å². The molecule has 1 unspecified atom stereocenters. The number of nitrogens with one attached hydrogen (secondary N) is 1. The summed E-state index contributed by atoms with van der Waals surface area (Å²) in [5.41, 5.74) is 0.129. The monoisotopic (exact) mass is 307 g/mol. The van der Waals surface area contributed by atoms with Crippen LogP contribution in [0.1, 0.15) is 45.2 Å². The number of hydrogen-bond acceptors (Lipinski definition) is 6. The Morgan fingerprint density at radius 1 is 1.41 bits per heavy atom. The molecule has 2 rings (SSSR count). The Bertz CT molecular complexity index is 543. The number of hydrazine groups is 1. The number of amides is 2. The number of hydrogen-bond donors (Lipinski definition) is 2. The maximum atomic E-state index is 11.8. The van der Waals surface area contributed by atoms with Crippen LogP contribution in [0.25, 0.3) is 0 Å². The Balaban J connectivity index is 2.02. The van der Waals surface area contributed by atoms with Crippen LogP contribution in [0.4, 0.5) is 10.6 Å². The van der Waals surface area contributed by atoms with Crippen molar-refractivity contribution in [2.75, 3.05) is 11.6 Å². The highest BCUT2D eigenvalue weighted by atomic mass is 16.6. The molecular weight excluding hydrogens is 286 g/mol. The fraction of sp³-hybridized carbons (Fsp3) is 0.571. The molecule has 1 aromatic rings. The van der Waals surface area contributed by atoms with Gasteiger partial charge >= 0.3 is 6.09 Å². The lowest BCUT2D eigenvalue weighted by atomic mass is 9.96. The van der Waals surface area contributed by atoms with Crippen molar-refractivity contribution in [2.45, 2.75) is 45.1 Å². The zero-order valence-corrected chi connectivity index (χ0v) is 13.0. The smallest absolute Gasteiger partial charge is 0.430 e. The van der Waals surface area contributed by atoms with Gasteiger partial charge in [-0.25, -0.2) is 15.6 Å². The van der Waals surface area contributed by atoms with Gasteiger partial charge in [0.2, 0.25) is 5.91 Å². The van der Waals surface area contributed by atoms with Crippen molar-refractivity contribution >= 4 is 17.8 Å². The molecule has 120 valence electrons. The van der Waals surface area contributed by atoms with Gasteiger partial charge in [0.1, 0.15) is 5.60 Å². The molecule has 1 aromatic heterocycles. The number of carbonyl (C=O) groups excluding carboxylic acids is 2. The highest BCUT2D eigenvalue weighted by Crippen LogP contribution is 2.22. The fourth-order valence-corrected chi connectivity index (χ4v) is 2.06. The van der Waals surface area contributed by atoms with Gasteiger partial charge in [0.25, 0.3) is 0 Å². The number of anilines is 1. The second-order valence-electron chi connectivity index (χ2n) is 6.19. The van der Waals surface area contributed by atoms with Crippen molar-refractivity contribution in [3.63, 3.8) is 0 Å². The van der Waals surface area contributed by atoms with Gasteiger partial charge in [-0.2, -0.15) is 5.01 Å². The molecule has 2 heterocycles. The first-order valence-corrected chi connectivity index (χ1v) is 7.13. The van der Waals surface area contributed by atoms with Gasteiger partial charge in [-0.1, -0.05) is 0 Å². The quantitative estimate of drug-likeness (QED) is 0.480. The largest absolute Gasteiger partial charge is 0.442 e. The molecule has 1 atom stereocenters. The summed E-state index contributed by atoms with van der Waals surface area (Å²) in [5.74, 6) is 6.08. The van der Waals surface area contributed by atoms with Gasteiger partial charge in [-0.15, -0.1) is 0 Å². The van der Waals surface area contributed by atoms with Crippen LogP contribution in [-0.2, 0) is 9.53 Å². The Morgan fingerprint density at radius 3 is 2.64 bits per heavy atom. The van der Waals surface area contributed by atoms with Crippen molar-refractivity contribution < 1.29 is 14.3 Å². The van der Waals surface area contributed by atoms with E-state index in [1.807, 2.05) is 0 Å². The average Bonchev–Trinajstić information content (AvgIpc) is 2.46. The number of nitrogens with zero attached hydrogens (tertiary/aromatic N) is 3. The number of rotatable bonds is 2. The highest BCUT2D eigenvalue weighted by Gasteiger charge is 2.24. The van der Waals surface area contributed by atoms with Crippen LogP contribution < -0.4 is 16.2 Å². The molecule has 22 heavy (non-hydrogen) atoms. The van der Waals surface area contributed by atoms with Crippen molar-refractivity contribution in [2.24, 2.45) is 5.84 Å². The third kappa shape index (κ3) is 4.14. The molecular formula is C14H21N5O3. The van der Waals surface area contributed by atoms with E-state index >= 15 is 0 Å². The minimum Gasteiger partial charge on any atom is -0.442 e. The SMILES string of the molecule is CC(C)(C)OC(=O)N(N)c1cnc(C2CCC(=O)NC2)cn1. The predicted octanol–water partition coefficient (Wildman–Crippen LogP) is 1.09. The third-order valence-corrected chi connectivity index (χ3v) is 3.18. The Hall–Kier alpha value is -2.22. The van der Waals surface area contributed by atoms with E-state index in [-0.39, 0.29) is 17.6 Å². The molecule has 0 aliphatic carbocycles. The second-order valence-corrected chi connectivity index (χ2v) is 6.19. The maximum absolute atomic E-state index is 11.8. The predicted molar refractivity (Wildman–Crippen MR) is 79.9 cm³/mol. The van der Waals surface area contributed by atoms with Gasteiger partial charge in [-0.3, -0.25) is 9.78 Å². The van der Waals surface area contributed by atoms with Crippen molar-refractivity contribution in [3.8, 4) is 0 Å². The molecule has 1 fully saturated rings. The molecule has 0 saturated carbocycles. The number of carbonyl (C=O) groups is 2. The number of aromatic nitrogens is 2. The van der Waals surface area contributed by atoms with Crippen LogP contribution in [0.3, 0.4) is 0 Å². The summed E-state index contributed by atoms with van der Waals surface area (Å²) in [4.78, 5) is 31.4. The molecule has 0 spiro atoms. The van der Waals surface area contributed by atoms with Gasteiger partial charge < -0.3 is 10.1 Å². The second kappa shape index (κ2) is 6.27. The molecule has 1 aliphatic rings. The van der Waals surface area contributed by atoms with Crippen LogP contribution in [0.2, 0.25) is 0 Å². The van der Waals surface area contributed by atoms with Gasteiger partial charge in [0, 0.05) is 18.9 Å². The van der Waals surface area contributed by atoms with E-state index in [0.717, 1.165) is 17.1 Å². The van der Waals surface area contributed by atoms with Crippen LogP contribution in [0, 0.1) is 0 Å². The number of ether oxygens (including phenoxy) is 1. The summed E-state index contributed by atoms with van der Waals surface area (Å²) in [6.45, 7) is 5.81. The molecule has 1 aliphatic heterocycles. The van der Waals surface area contributed by atoms with Gasteiger partial charge in [-0.05, 0) is 27.2 Å². The first-order chi connectivity index (χ1) is 10.3. The van der Waals surface area contributed by atoms with E-state index in [0.29, 0.717) is 13.0 Å². The number of piperidine rings is 1. The molecule has 1 saturated heterocycles.